The summed E-state index contributed by atoms with van der Waals surface area (Å²) in [6, 6.07) is 15.9. The lowest BCUT2D eigenvalue weighted by Gasteiger charge is -2.07. The van der Waals surface area contributed by atoms with E-state index in [4.69, 9.17) is 4.74 Å². The fourth-order valence-electron chi connectivity index (χ4n) is 3.38. The number of nitrogens with zero attached hydrogens (tertiary/aromatic N) is 5. The SMILES string of the molecule is COc1ccc(CNC(=O)CSc2nnc(-c3cn(C)nc3-c3ccc(C)cc3)n2C)cc1. The first-order chi connectivity index (χ1) is 15.9. The van der Waals surface area contributed by atoms with Gasteiger partial charge in [0.15, 0.2) is 11.0 Å². The molecule has 1 amide bonds. The number of amides is 1. The summed E-state index contributed by atoms with van der Waals surface area (Å²) in [6.07, 6.45) is 1.94. The molecule has 170 valence electrons. The zero-order valence-electron chi connectivity index (χ0n) is 19.1. The smallest absolute Gasteiger partial charge is 0.230 e. The van der Waals surface area contributed by atoms with Gasteiger partial charge in [0.05, 0.1) is 18.4 Å². The van der Waals surface area contributed by atoms with Crippen LogP contribution in [0.5, 0.6) is 5.75 Å². The summed E-state index contributed by atoms with van der Waals surface area (Å²) in [4.78, 5) is 12.3. The van der Waals surface area contributed by atoms with Gasteiger partial charge in [-0.3, -0.25) is 9.48 Å². The molecule has 0 aliphatic carbocycles. The molecule has 9 heteroatoms. The molecule has 0 radical (unpaired) electrons. The van der Waals surface area contributed by atoms with Gasteiger partial charge in [-0.05, 0) is 24.6 Å². The van der Waals surface area contributed by atoms with E-state index in [1.54, 1.807) is 11.8 Å². The number of thioether (sulfide) groups is 1. The third-order valence-corrected chi connectivity index (χ3v) is 6.23. The monoisotopic (exact) mass is 462 g/mol. The van der Waals surface area contributed by atoms with E-state index in [9.17, 15) is 4.79 Å². The Kier molecular flexibility index (Phi) is 6.79. The summed E-state index contributed by atoms with van der Waals surface area (Å²) < 4.78 is 8.83. The quantitative estimate of drug-likeness (QED) is 0.403. The predicted molar refractivity (Wildman–Crippen MR) is 129 cm³/mol. The van der Waals surface area contributed by atoms with Crippen LogP contribution in [0.3, 0.4) is 0 Å². The molecule has 33 heavy (non-hydrogen) atoms. The van der Waals surface area contributed by atoms with Crippen LogP contribution in [0.4, 0.5) is 0 Å². The van der Waals surface area contributed by atoms with Crippen molar-refractivity contribution in [2.45, 2.75) is 18.6 Å². The molecule has 2 aromatic carbocycles. The number of ether oxygens (including phenoxy) is 1. The fourth-order valence-corrected chi connectivity index (χ4v) is 4.12. The van der Waals surface area contributed by atoms with Crippen molar-refractivity contribution in [3.63, 3.8) is 0 Å². The first-order valence-corrected chi connectivity index (χ1v) is 11.5. The molecule has 4 aromatic rings. The third-order valence-electron chi connectivity index (χ3n) is 5.21. The summed E-state index contributed by atoms with van der Waals surface area (Å²) in [5.41, 5.74) is 4.97. The number of aromatic nitrogens is 5. The molecule has 0 bridgehead atoms. The van der Waals surface area contributed by atoms with Crippen LogP contribution >= 0.6 is 11.8 Å². The average molecular weight is 463 g/mol. The second kappa shape index (κ2) is 9.91. The molecule has 0 atom stereocenters. The largest absolute Gasteiger partial charge is 0.497 e. The maximum Gasteiger partial charge on any atom is 0.230 e. The van der Waals surface area contributed by atoms with Gasteiger partial charge in [0.25, 0.3) is 0 Å². The van der Waals surface area contributed by atoms with Crippen molar-refractivity contribution in [1.82, 2.24) is 29.9 Å². The molecule has 8 nitrogen and oxygen atoms in total. The highest BCUT2D eigenvalue weighted by Gasteiger charge is 2.19. The number of nitrogens with one attached hydrogen (secondary N) is 1. The Morgan fingerprint density at radius 1 is 1.06 bits per heavy atom. The van der Waals surface area contributed by atoms with E-state index < -0.39 is 0 Å². The highest BCUT2D eigenvalue weighted by molar-refractivity contribution is 7.99. The van der Waals surface area contributed by atoms with Crippen LogP contribution < -0.4 is 10.1 Å². The minimum absolute atomic E-state index is 0.0675. The van der Waals surface area contributed by atoms with Crippen LogP contribution in [-0.4, -0.2) is 43.3 Å². The molecule has 0 aliphatic rings. The summed E-state index contributed by atoms with van der Waals surface area (Å²) >= 11 is 1.35. The number of hydrogen-bond acceptors (Lipinski definition) is 6. The first kappa shape index (κ1) is 22.6. The van der Waals surface area contributed by atoms with Crippen molar-refractivity contribution in [3.05, 3.63) is 65.9 Å². The van der Waals surface area contributed by atoms with Crippen molar-refractivity contribution < 1.29 is 9.53 Å². The molecular weight excluding hydrogens is 436 g/mol. The van der Waals surface area contributed by atoms with Gasteiger partial charge >= 0.3 is 0 Å². The number of carbonyl (C=O) groups excluding carboxylic acids is 1. The van der Waals surface area contributed by atoms with Crippen molar-refractivity contribution >= 4 is 17.7 Å². The molecule has 2 aromatic heterocycles. The van der Waals surface area contributed by atoms with E-state index in [1.807, 2.05) is 49.1 Å². The molecule has 0 spiro atoms. The Bertz CT molecular complexity index is 1250. The normalized spacial score (nSPS) is 10.9. The number of benzene rings is 2. The van der Waals surface area contributed by atoms with Crippen molar-refractivity contribution in [2.75, 3.05) is 12.9 Å². The zero-order chi connectivity index (χ0) is 23.4. The summed E-state index contributed by atoms with van der Waals surface area (Å²) in [6.45, 7) is 2.52. The summed E-state index contributed by atoms with van der Waals surface area (Å²) in [5.74, 6) is 1.68. The van der Waals surface area contributed by atoms with E-state index in [0.29, 0.717) is 17.5 Å². The maximum absolute atomic E-state index is 12.3. The molecular formula is C24H26N6O2S. The lowest BCUT2D eigenvalue weighted by Crippen LogP contribution is -2.24. The number of hydrogen-bond donors (Lipinski definition) is 1. The van der Waals surface area contributed by atoms with Crippen LogP contribution in [0.2, 0.25) is 0 Å². The Hall–Kier alpha value is -3.59. The Labute approximate surface area is 197 Å². The molecule has 2 heterocycles. The predicted octanol–water partition coefficient (Wildman–Crippen LogP) is 3.61. The molecule has 0 saturated heterocycles. The number of methoxy groups -OCH3 is 1. The van der Waals surface area contributed by atoms with Gasteiger partial charge in [-0.25, -0.2) is 0 Å². The first-order valence-electron chi connectivity index (χ1n) is 10.5. The van der Waals surface area contributed by atoms with Crippen LogP contribution in [0.15, 0.2) is 59.9 Å². The van der Waals surface area contributed by atoms with Gasteiger partial charge in [-0.2, -0.15) is 5.10 Å². The average Bonchev–Trinajstić information content (AvgIpc) is 3.39. The van der Waals surface area contributed by atoms with E-state index in [0.717, 1.165) is 28.1 Å². The van der Waals surface area contributed by atoms with Crippen LogP contribution in [0, 0.1) is 6.92 Å². The van der Waals surface area contributed by atoms with Crippen LogP contribution in [0.25, 0.3) is 22.6 Å². The van der Waals surface area contributed by atoms with Gasteiger partial charge in [0.1, 0.15) is 11.4 Å². The van der Waals surface area contributed by atoms with E-state index >= 15 is 0 Å². The van der Waals surface area contributed by atoms with Gasteiger partial charge in [0, 0.05) is 32.4 Å². The molecule has 1 N–H and O–H groups in total. The Balaban J connectivity index is 1.42. The highest BCUT2D eigenvalue weighted by Crippen LogP contribution is 2.31. The lowest BCUT2D eigenvalue weighted by molar-refractivity contribution is -0.118. The molecule has 0 saturated carbocycles. The van der Waals surface area contributed by atoms with Crippen LogP contribution in [-0.2, 0) is 25.4 Å². The fraction of sp³-hybridized carbons (Fsp3) is 0.250. The third kappa shape index (κ3) is 5.25. The molecule has 0 unspecified atom stereocenters. The lowest BCUT2D eigenvalue weighted by atomic mass is 10.1. The van der Waals surface area contributed by atoms with E-state index in [2.05, 4.69) is 51.8 Å². The van der Waals surface area contributed by atoms with Gasteiger partial charge in [-0.15, -0.1) is 10.2 Å². The van der Waals surface area contributed by atoms with Gasteiger partial charge < -0.3 is 14.6 Å². The number of aryl methyl sites for hydroxylation is 2. The van der Waals surface area contributed by atoms with E-state index in [-0.39, 0.29) is 11.7 Å². The van der Waals surface area contributed by atoms with E-state index in [1.165, 1.54) is 17.3 Å². The maximum atomic E-state index is 12.3. The molecule has 4 rings (SSSR count). The van der Waals surface area contributed by atoms with Gasteiger partial charge in [-0.1, -0.05) is 53.7 Å². The summed E-state index contributed by atoms with van der Waals surface area (Å²) in [7, 11) is 5.42. The van der Waals surface area contributed by atoms with Crippen molar-refractivity contribution in [1.29, 1.82) is 0 Å². The van der Waals surface area contributed by atoms with Crippen LogP contribution in [0.1, 0.15) is 11.1 Å². The number of rotatable bonds is 8. The molecule has 0 aliphatic heterocycles. The topological polar surface area (TPSA) is 86.9 Å². The van der Waals surface area contributed by atoms with Gasteiger partial charge in [0.2, 0.25) is 5.91 Å². The number of carbonyl (C=O) groups is 1. The zero-order valence-corrected chi connectivity index (χ0v) is 19.9. The minimum atomic E-state index is -0.0675. The second-order valence-corrected chi connectivity index (χ2v) is 8.65. The standard InChI is InChI=1S/C24H26N6O2S/c1-16-5-9-18(10-6-16)22-20(14-29(2)28-22)23-26-27-24(30(23)3)33-15-21(31)25-13-17-7-11-19(32-4)12-8-17/h5-12,14H,13,15H2,1-4H3,(H,25,31). The van der Waals surface area contributed by atoms with Crippen molar-refractivity contribution in [2.24, 2.45) is 14.1 Å². The Morgan fingerprint density at radius 3 is 2.48 bits per heavy atom. The highest BCUT2D eigenvalue weighted by atomic mass is 32.2. The van der Waals surface area contributed by atoms with Crippen molar-refractivity contribution in [3.8, 4) is 28.4 Å². The molecule has 0 fully saturated rings. The second-order valence-electron chi connectivity index (χ2n) is 7.71. The Morgan fingerprint density at radius 2 is 1.79 bits per heavy atom. The minimum Gasteiger partial charge on any atom is -0.497 e. The summed E-state index contributed by atoms with van der Waals surface area (Å²) in [5, 5.41) is 16.9.